The average molecular weight is 337 g/mol. The minimum absolute atomic E-state index is 0.656. The quantitative estimate of drug-likeness (QED) is 0.609. The van der Waals surface area contributed by atoms with Crippen LogP contribution in [0, 0.1) is 0 Å². The molecule has 0 fully saturated rings. The first kappa shape index (κ1) is 13.2. The topological polar surface area (TPSA) is 17.8 Å². The van der Waals surface area contributed by atoms with Crippen LogP contribution in [-0.2, 0) is 19.9 Å². The predicted octanol–water partition coefficient (Wildman–Crippen LogP) is 2.33. The first-order valence-electron chi connectivity index (χ1n) is 6.72. The van der Waals surface area contributed by atoms with Crippen molar-refractivity contribution in [2.45, 2.75) is 51.9 Å². The van der Waals surface area contributed by atoms with E-state index in [0.717, 1.165) is 0 Å². The van der Waals surface area contributed by atoms with Crippen LogP contribution in [-0.4, -0.2) is 30.9 Å². The second-order valence-electron chi connectivity index (χ2n) is 4.94. The van der Waals surface area contributed by atoms with Crippen molar-refractivity contribution in [3.05, 3.63) is 21.4 Å². The van der Waals surface area contributed by atoms with Gasteiger partial charge in [-0.1, -0.05) is 0 Å². The molecular formula is C14H22N2Sn. The zero-order chi connectivity index (χ0) is 12.3. The molecule has 1 heterocycles. The first-order chi connectivity index (χ1) is 8.22. The number of hydrogen-bond acceptors (Lipinski definition) is 1. The summed E-state index contributed by atoms with van der Waals surface area (Å²) in [6.45, 7) is 6.49. The summed E-state index contributed by atoms with van der Waals surface area (Å²) in [5.74, 6) is 0. The Morgan fingerprint density at radius 1 is 1.35 bits per heavy atom. The summed E-state index contributed by atoms with van der Waals surface area (Å²) < 4.78 is 5.11. The molecule has 0 aromatic carbocycles. The van der Waals surface area contributed by atoms with Gasteiger partial charge >= 0.3 is 115 Å². The number of aromatic nitrogens is 2. The summed E-state index contributed by atoms with van der Waals surface area (Å²) in [4.78, 5) is 0. The van der Waals surface area contributed by atoms with Crippen molar-refractivity contribution >= 4 is 24.9 Å². The molecule has 0 N–H and O–H groups in total. The van der Waals surface area contributed by atoms with E-state index in [1.54, 1.807) is 5.56 Å². The van der Waals surface area contributed by atoms with Crippen molar-refractivity contribution in [3.8, 4) is 0 Å². The molecule has 3 heteroatoms. The molecule has 0 saturated heterocycles. The monoisotopic (exact) mass is 338 g/mol. The summed E-state index contributed by atoms with van der Waals surface area (Å²) in [6.07, 6.45) is 9.01. The van der Waals surface area contributed by atoms with Crippen molar-refractivity contribution in [2.24, 2.45) is 7.05 Å². The third-order valence-corrected chi connectivity index (χ3v) is 7.01. The van der Waals surface area contributed by atoms with Crippen molar-refractivity contribution in [1.29, 1.82) is 0 Å². The predicted molar refractivity (Wildman–Crippen MR) is 73.9 cm³/mol. The summed E-state index contributed by atoms with van der Waals surface area (Å²) in [7, 11) is 2.12. The maximum atomic E-state index is 4.79. The van der Waals surface area contributed by atoms with Crippen LogP contribution < -0.4 is 3.71 Å². The van der Waals surface area contributed by atoms with Gasteiger partial charge < -0.3 is 0 Å². The number of rotatable bonds is 4. The molecule has 1 aromatic rings. The van der Waals surface area contributed by atoms with E-state index < -0.39 is 21.1 Å². The van der Waals surface area contributed by atoms with Crippen molar-refractivity contribution in [2.75, 3.05) is 0 Å². The van der Waals surface area contributed by atoms with E-state index in [2.05, 4.69) is 25.2 Å². The van der Waals surface area contributed by atoms with Crippen LogP contribution in [0.2, 0.25) is 0 Å². The molecule has 2 rings (SSSR count). The van der Waals surface area contributed by atoms with Gasteiger partial charge in [0.05, 0.1) is 0 Å². The van der Waals surface area contributed by atoms with Crippen LogP contribution in [0.25, 0.3) is 0 Å². The van der Waals surface area contributed by atoms with Gasteiger partial charge in [-0.25, -0.2) is 0 Å². The molecule has 1 aliphatic carbocycles. The molecule has 0 amide bonds. The molecule has 2 radical (unpaired) electrons. The van der Waals surface area contributed by atoms with Crippen molar-refractivity contribution in [3.63, 3.8) is 0 Å². The Hall–Kier alpha value is -0.251. The van der Waals surface area contributed by atoms with Crippen LogP contribution in [0.1, 0.15) is 50.3 Å². The van der Waals surface area contributed by atoms with Crippen LogP contribution in [0.4, 0.5) is 0 Å². The molecule has 0 aliphatic heterocycles. The molecule has 0 saturated carbocycles. The Kier molecular flexibility index (Phi) is 4.71. The maximum absolute atomic E-state index is 4.79. The van der Waals surface area contributed by atoms with E-state index in [-0.39, 0.29) is 0 Å². The minimum atomic E-state index is -0.656. The number of hydrogen-bond donors (Lipinski definition) is 0. The molecule has 17 heavy (non-hydrogen) atoms. The first-order valence-corrected chi connectivity index (χ1v) is 9.57. The van der Waals surface area contributed by atoms with Gasteiger partial charge in [-0.05, 0) is 0 Å². The van der Waals surface area contributed by atoms with Crippen LogP contribution in [0.15, 0.2) is 10.2 Å². The number of fused-ring (bicyclic) bond motifs is 1. The Morgan fingerprint density at radius 3 is 2.88 bits per heavy atom. The van der Waals surface area contributed by atoms with Gasteiger partial charge in [-0.2, -0.15) is 0 Å². The molecule has 2 nitrogen and oxygen atoms in total. The van der Waals surface area contributed by atoms with Crippen LogP contribution >= 0.6 is 0 Å². The van der Waals surface area contributed by atoms with Gasteiger partial charge in [-0.3, -0.25) is 0 Å². The van der Waals surface area contributed by atoms with E-state index in [0.29, 0.717) is 0 Å². The summed E-state index contributed by atoms with van der Waals surface area (Å²) in [5.41, 5.74) is 3.12. The molecule has 1 aliphatic rings. The van der Waals surface area contributed by atoms with E-state index >= 15 is 0 Å². The molecule has 0 atom stereocenters. The van der Waals surface area contributed by atoms with E-state index in [1.807, 2.05) is 0 Å². The van der Waals surface area contributed by atoms with Gasteiger partial charge in [-0.15, -0.1) is 0 Å². The fourth-order valence-electron chi connectivity index (χ4n) is 2.58. The van der Waals surface area contributed by atoms with Gasteiger partial charge in [0.15, 0.2) is 0 Å². The van der Waals surface area contributed by atoms with Crippen molar-refractivity contribution < 1.29 is 0 Å². The Bertz CT molecular complexity index is 407. The fourth-order valence-corrected chi connectivity index (χ4v) is 6.38. The summed E-state index contributed by atoms with van der Waals surface area (Å²) in [6, 6.07) is 0. The normalized spacial score (nSPS) is 15.4. The van der Waals surface area contributed by atoms with Gasteiger partial charge in [0.25, 0.3) is 0 Å². The Balaban J connectivity index is 2.20. The van der Waals surface area contributed by atoms with Crippen molar-refractivity contribution in [1.82, 2.24) is 9.78 Å². The Labute approximate surface area is 115 Å². The fraction of sp³-hybridized carbons (Fsp3) is 0.643. The molecule has 0 unspecified atom stereocenters. The van der Waals surface area contributed by atoms with Crippen LogP contribution in [0.3, 0.4) is 0 Å². The van der Waals surface area contributed by atoms with Gasteiger partial charge in [0, 0.05) is 0 Å². The zero-order valence-corrected chi connectivity index (χ0v) is 13.9. The zero-order valence-electron chi connectivity index (χ0n) is 11.1. The average Bonchev–Trinajstić information content (AvgIpc) is 2.51. The standard InChI is InChI=1S/C9H13N2.C5H9.Sn/c1-11-9-6-4-2-3-5-8(9)7-10-11;1-3-5-4-2;/h2-6H2,1H3;1,4-5H2,2H3;. The number of nitrogens with zero attached hydrogens (tertiary/aromatic N) is 2. The summed E-state index contributed by atoms with van der Waals surface area (Å²) in [5, 5.41) is 4.79. The number of allylic oxidation sites excluding steroid dienone is 1. The molecule has 0 bridgehead atoms. The molecule has 92 valence electrons. The van der Waals surface area contributed by atoms with E-state index in [9.17, 15) is 0 Å². The molecule has 0 spiro atoms. The van der Waals surface area contributed by atoms with E-state index in [1.165, 1.54) is 57.9 Å². The molecule has 1 aromatic heterocycles. The van der Waals surface area contributed by atoms with E-state index in [4.69, 9.17) is 5.10 Å². The third kappa shape index (κ3) is 3.15. The molecular weight excluding hydrogens is 315 g/mol. The third-order valence-electron chi connectivity index (χ3n) is 3.46. The van der Waals surface area contributed by atoms with Gasteiger partial charge in [0.2, 0.25) is 0 Å². The van der Waals surface area contributed by atoms with Gasteiger partial charge in [0.1, 0.15) is 0 Å². The second kappa shape index (κ2) is 6.07. The Morgan fingerprint density at radius 2 is 2.12 bits per heavy atom. The van der Waals surface area contributed by atoms with Crippen LogP contribution in [0.5, 0.6) is 0 Å². The summed E-state index contributed by atoms with van der Waals surface area (Å²) >= 11 is -0.656. The second-order valence-corrected chi connectivity index (χ2v) is 9.02. The SMILES string of the molecule is C=[C](CCC)[Sn][c]1nn(C)c2c1CCCCC2. The number of aryl methyl sites for hydroxylation is 1.